The van der Waals surface area contributed by atoms with Gasteiger partial charge in [-0.3, -0.25) is 14.3 Å². The summed E-state index contributed by atoms with van der Waals surface area (Å²) in [7, 11) is 1.80. The molecule has 2 N–H and O–H groups in total. The summed E-state index contributed by atoms with van der Waals surface area (Å²) < 4.78 is 1.67. The van der Waals surface area contributed by atoms with Crippen LogP contribution in [0, 0.1) is 0 Å². The predicted molar refractivity (Wildman–Crippen MR) is 95.1 cm³/mol. The zero-order valence-electron chi connectivity index (χ0n) is 14.6. The van der Waals surface area contributed by atoms with Gasteiger partial charge in [0.05, 0.1) is 11.3 Å². The molecule has 1 aromatic heterocycles. The maximum Gasteiger partial charge on any atom is 0.256 e. The fourth-order valence-electron chi connectivity index (χ4n) is 3.36. The van der Waals surface area contributed by atoms with Gasteiger partial charge in [0.2, 0.25) is 0 Å². The number of nitrogens with zero attached hydrogens (tertiary/aromatic N) is 2. The van der Waals surface area contributed by atoms with Crippen molar-refractivity contribution in [2.45, 2.75) is 44.9 Å². The second-order valence-electron chi connectivity index (χ2n) is 6.66. The van der Waals surface area contributed by atoms with Crippen LogP contribution in [0.1, 0.15) is 71.4 Å². The largest absolute Gasteiger partial charge is 0.507 e. The van der Waals surface area contributed by atoms with Gasteiger partial charge in [0.15, 0.2) is 5.78 Å². The van der Waals surface area contributed by atoms with Crippen LogP contribution >= 0.6 is 0 Å². The number of hydrogen-bond donors (Lipinski definition) is 2. The van der Waals surface area contributed by atoms with E-state index in [2.05, 4.69) is 10.4 Å². The number of aromatic hydroxyl groups is 1. The standard InChI is InChI=1S/C19H23N3O3/c1-12(23)15-9-8-14(10-17(15)24)19(25)20-18-11-16(21-22(18)2)13-6-4-3-5-7-13/h8-11,13,24H,3-7H2,1-2H3,(H,20,25). The fourth-order valence-corrected chi connectivity index (χ4v) is 3.36. The number of ketones is 1. The van der Waals surface area contributed by atoms with Crippen molar-refractivity contribution in [3.05, 3.63) is 41.1 Å². The topological polar surface area (TPSA) is 84.2 Å². The highest BCUT2D eigenvalue weighted by atomic mass is 16.3. The van der Waals surface area contributed by atoms with Gasteiger partial charge in [0.25, 0.3) is 5.91 Å². The molecule has 1 saturated carbocycles. The van der Waals surface area contributed by atoms with Gasteiger partial charge in [-0.15, -0.1) is 0 Å². The quantitative estimate of drug-likeness (QED) is 0.832. The molecule has 1 fully saturated rings. The Labute approximate surface area is 146 Å². The first-order valence-corrected chi connectivity index (χ1v) is 8.65. The molecule has 0 saturated heterocycles. The molecule has 0 unspecified atom stereocenters. The number of hydrogen-bond acceptors (Lipinski definition) is 4. The summed E-state index contributed by atoms with van der Waals surface area (Å²) >= 11 is 0. The first-order chi connectivity index (χ1) is 12.0. The molecular weight excluding hydrogens is 318 g/mol. The van der Waals surface area contributed by atoms with Crippen LogP contribution in [-0.2, 0) is 7.05 Å². The normalized spacial score (nSPS) is 15.1. The lowest BCUT2D eigenvalue weighted by molar-refractivity contribution is 0.100. The van der Waals surface area contributed by atoms with Gasteiger partial charge in [-0.1, -0.05) is 19.3 Å². The summed E-state index contributed by atoms with van der Waals surface area (Å²) in [6.45, 7) is 1.37. The van der Waals surface area contributed by atoms with Crippen molar-refractivity contribution >= 4 is 17.5 Å². The van der Waals surface area contributed by atoms with Crippen LogP contribution in [0.25, 0.3) is 0 Å². The Kier molecular flexibility index (Phi) is 4.88. The van der Waals surface area contributed by atoms with Crippen LogP contribution in [0.4, 0.5) is 5.82 Å². The number of carbonyl (C=O) groups excluding carboxylic acids is 2. The SMILES string of the molecule is CC(=O)c1ccc(C(=O)Nc2cc(C3CCCCC3)nn2C)cc1O. The molecule has 0 atom stereocenters. The average molecular weight is 341 g/mol. The molecule has 0 spiro atoms. The number of carbonyl (C=O) groups is 2. The number of benzene rings is 1. The lowest BCUT2D eigenvalue weighted by Crippen LogP contribution is -2.14. The van der Waals surface area contributed by atoms with Crippen LogP contribution < -0.4 is 5.32 Å². The Bertz CT molecular complexity index is 804. The molecule has 0 aliphatic heterocycles. The number of anilines is 1. The van der Waals surface area contributed by atoms with E-state index >= 15 is 0 Å². The minimum atomic E-state index is -0.344. The van der Waals surface area contributed by atoms with Gasteiger partial charge in [0, 0.05) is 24.6 Å². The second kappa shape index (κ2) is 7.09. The van der Waals surface area contributed by atoms with Crippen LogP contribution in [0.3, 0.4) is 0 Å². The molecule has 3 rings (SSSR count). The third kappa shape index (κ3) is 3.73. The minimum Gasteiger partial charge on any atom is -0.507 e. The number of rotatable bonds is 4. The number of amides is 1. The van der Waals surface area contributed by atoms with Crippen LogP contribution in [-0.4, -0.2) is 26.6 Å². The first-order valence-electron chi connectivity index (χ1n) is 8.65. The molecule has 2 aromatic rings. The van der Waals surface area contributed by atoms with E-state index in [0.29, 0.717) is 17.3 Å². The molecule has 0 bridgehead atoms. The Morgan fingerprint density at radius 3 is 2.56 bits per heavy atom. The molecule has 0 radical (unpaired) electrons. The minimum absolute atomic E-state index is 0.187. The van der Waals surface area contributed by atoms with Crippen LogP contribution in [0.5, 0.6) is 5.75 Å². The molecule has 6 heteroatoms. The van der Waals surface area contributed by atoms with Crippen molar-refractivity contribution < 1.29 is 14.7 Å². The van der Waals surface area contributed by atoms with Crippen molar-refractivity contribution in [1.29, 1.82) is 0 Å². The molecule has 25 heavy (non-hydrogen) atoms. The molecule has 1 aliphatic carbocycles. The molecular formula is C19H23N3O3. The van der Waals surface area contributed by atoms with Crippen molar-refractivity contribution in [3.63, 3.8) is 0 Å². The molecule has 1 aliphatic rings. The van der Waals surface area contributed by atoms with Crippen LogP contribution in [0.15, 0.2) is 24.3 Å². The highest BCUT2D eigenvalue weighted by molar-refractivity contribution is 6.05. The number of aromatic nitrogens is 2. The highest BCUT2D eigenvalue weighted by Gasteiger charge is 2.20. The third-order valence-electron chi connectivity index (χ3n) is 4.80. The average Bonchev–Trinajstić information content (AvgIpc) is 2.96. The van der Waals surface area contributed by atoms with E-state index < -0.39 is 0 Å². The maximum atomic E-state index is 12.4. The van der Waals surface area contributed by atoms with E-state index in [1.807, 2.05) is 6.07 Å². The van der Waals surface area contributed by atoms with E-state index in [1.165, 1.54) is 44.4 Å². The summed E-state index contributed by atoms with van der Waals surface area (Å²) in [4.78, 5) is 23.8. The van der Waals surface area contributed by atoms with Gasteiger partial charge in [-0.25, -0.2) is 0 Å². The molecule has 1 heterocycles. The summed E-state index contributed by atoms with van der Waals surface area (Å²) in [5.41, 5.74) is 1.52. The number of phenolic OH excluding ortho intramolecular Hbond substituents is 1. The van der Waals surface area contributed by atoms with E-state index in [0.717, 1.165) is 18.5 Å². The number of Topliss-reactive ketones (excluding diaryl/α,β-unsaturated/α-hetero) is 1. The number of phenols is 1. The Hall–Kier alpha value is -2.63. The molecule has 1 aromatic carbocycles. The number of nitrogens with one attached hydrogen (secondary N) is 1. The third-order valence-corrected chi connectivity index (χ3v) is 4.80. The van der Waals surface area contributed by atoms with Crippen molar-refractivity contribution in [1.82, 2.24) is 9.78 Å². The van der Waals surface area contributed by atoms with Crippen molar-refractivity contribution in [3.8, 4) is 5.75 Å². The lowest BCUT2D eigenvalue weighted by atomic mass is 9.87. The summed E-state index contributed by atoms with van der Waals surface area (Å²) in [6, 6.07) is 6.23. The van der Waals surface area contributed by atoms with Gasteiger partial charge < -0.3 is 10.4 Å². The zero-order chi connectivity index (χ0) is 18.0. The monoisotopic (exact) mass is 341 g/mol. The lowest BCUT2D eigenvalue weighted by Gasteiger charge is -2.19. The zero-order valence-corrected chi connectivity index (χ0v) is 14.6. The highest BCUT2D eigenvalue weighted by Crippen LogP contribution is 2.33. The van der Waals surface area contributed by atoms with E-state index in [9.17, 15) is 14.7 Å². The maximum absolute atomic E-state index is 12.4. The molecule has 132 valence electrons. The second-order valence-corrected chi connectivity index (χ2v) is 6.66. The molecule has 1 amide bonds. The summed E-state index contributed by atoms with van der Waals surface area (Å²) in [6.07, 6.45) is 6.03. The van der Waals surface area contributed by atoms with Crippen LogP contribution in [0.2, 0.25) is 0 Å². The Morgan fingerprint density at radius 2 is 1.92 bits per heavy atom. The Morgan fingerprint density at radius 1 is 1.20 bits per heavy atom. The summed E-state index contributed by atoms with van der Waals surface area (Å²) in [5, 5.41) is 17.3. The van der Waals surface area contributed by atoms with Gasteiger partial charge in [-0.2, -0.15) is 5.10 Å². The number of aryl methyl sites for hydroxylation is 1. The fraction of sp³-hybridized carbons (Fsp3) is 0.421. The van der Waals surface area contributed by atoms with E-state index in [1.54, 1.807) is 11.7 Å². The smallest absolute Gasteiger partial charge is 0.256 e. The predicted octanol–water partition coefficient (Wildman–Crippen LogP) is 3.63. The van der Waals surface area contributed by atoms with Gasteiger partial charge in [-0.05, 0) is 38.0 Å². The van der Waals surface area contributed by atoms with E-state index in [-0.39, 0.29) is 23.0 Å². The molecule has 6 nitrogen and oxygen atoms in total. The van der Waals surface area contributed by atoms with Crippen molar-refractivity contribution in [2.24, 2.45) is 7.05 Å². The Balaban J connectivity index is 1.75. The van der Waals surface area contributed by atoms with Gasteiger partial charge in [0.1, 0.15) is 11.6 Å². The summed E-state index contributed by atoms with van der Waals surface area (Å²) in [5.74, 6) is 0.315. The van der Waals surface area contributed by atoms with Gasteiger partial charge >= 0.3 is 0 Å². The van der Waals surface area contributed by atoms with Crippen molar-refractivity contribution in [2.75, 3.05) is 5.32 Å². The van der Waals surface area contributed by atoms with E-state index in [4.69, 9.17) is 0 Å². The first kappa shape index (κ1) is 17.2.